The molecule has 0 saturated heterocycles. The normalized spacial score (nSPS) is 11.0. The molecule has 33 heavy (non-hydrogen) atoms. The fourth-order valence-corrected chi connectivity index (χ4v) is 3.35. The average molecular weight is 445 g/mol. The highest BCUT2D eigenvalue weighted by Gasteiger charge is 2.14. The van der Waals surface area contributed by atoms with Crippen LogP contribution in [0.4, 0.5) is 0 Å². The van der Waals surface area contributed by atoms with Crippen molar-refractivity contribution < 1.29 is 18.9 Å². The largest absolute Gasteiger partial charge is 0.493 e. The van der Waals surface area contributed by atoms with E-state index in [4.69, 9.17) is 18.9 Å². The summed E-state index contributed by atoms with van der Waals surface area (Å²) < 4.78 is 23.2. The molecule has 0 bridgehead atoms. The van der Waals surface area contributed by atoms with Gasteiger partial charge in [0.05, 0.1) is 38.4 Å². The van der Waals surface area contributed by atoms with Crippen molar-refractivity contribution >= 4 is 17.1 Å². The van der Waals surface area contributed by atoms with Crippen LogP contribution in [-0.4, -0.2) is 37.2 Å². The second kappa shape index (κ2) is 9.86. The van der Waals surface area contributed by atoms with Crippen LogP contribution >= 0.6 is 0 Å². The molecule has 0 aliphatic rings. The van der Waals surface area contributed by atoms with Gasteiger partial charge in [0.2, 0.25) is 5.75 Å². The number of ether oxygens (including phenoxy) is 4. The van der Waals surface area contributed by atoms with Crippen molar-refractivity contribution in [2.75, 3.05) is 21.3 Å². The van der Waals surface area contributed by atoms with Gasteiger partial charge in [-0.15, -0.1) is 0 Å². The molecule has 0 unspecified atom stereocenters. The molecule has 0 N–H and O–H groups in total. The molecule has 8 nitrogen and oxygen atoms in total. The van der Waals surface area contributed by atoms with E-state index >= 15 is 0 Å². The molecule has 0 amide bonds. The lowest BCUT2D eigenvalue weighted by Gasteiger charge is -2.13. The van der Waals surface area contributed by atoms with E-state index in [1.165, 1.54) is 32.2 Å². The highest BCUT2D eigenvalue weighted by molar-refractivity contribution is 5.83. The van der Waals surface area contributed by atoms with Gasteiger partial charge in [0.15, 0.2) is 17.3 Å². The van der Waals surface area contributed by atoms with E-state index in [2.05, 4.69) is 10.1 Å². The molecule has 0 fully saturated rings. The van der Waals surface area contributed by atoms with Crippen molar-refractivity contribution in [1.29, 1.82) is 0 Å². The van der Waals surface area contributed by atoms with Gasteiger partial charge in [0, 0.05) is 5.56 Å². The summed E-state index contributed by atoms with van der Waals surface area (Å²) >= 11 is 0. The van der Waals surface area contributed by atoms with Crippen molar-refractivity contribution in [2.24, 2.45) is 5.10 Å². The summed E-state index contributed by atoms with van der Waals surface area (Å²) in [5.74, 6) is 2.47. The Morgan fingerprint density at radius 2 is 1.58 bits per heavy atom. The molecule has 3 aromatic carbocycles. The fourth-order valence-electron chi connectivity index (χ4n) is 3.35. The summed E-state index contributed by atoms with van der Waals surface area (Å²) in [7, 11) is 4.61. The third kappa shape index (κ3) is 4.64. The van der Waals surface area contributed by atoms with Gasteiger partial charge in [-0.05, 0) is 36.4 Å². The number of aromatic nitrogens is 2. The predicted molar refractivity (Wildman–Crippen MR) is 126 cm³/mol. The Kier molecular flexibility index (Phi) is 6.54. The Morgan fingerprint density at radius 3 is 2.24 bits per heavy atom. The van der Waals surface area contributed by atoms with E-state index in [1.54, 1.807) is 30.3 Å². The van der Waals surface area contributed by atoms with E-state index < -0.39 is 0 Å². The number of benzene rings is 3. The van der Waals surface area contributed by atoms with Crippen LogP contribution in [0.1, 0.15) is 11.4 Å². The van der Waals surface area contributed by atoms with Gasteiger partial charge in [-0.2, -0.15) is 9.78 Å². The fraction of sp³-hybridized carbons (Fsp3) is 0.160. The quantitative estimate of drug-likeness (QED) is 0.383. The zero-order chi connectivity index (χ0) is 23.2. The zero-order valence-electron chi connectivity index (χ0n) is 18.5. The van der Waals surface area contributed by atoms with Gasteiger partial charge >= 0.3 is 0 Å². The molecule has 1 aromatic heterocycles. The minimum absolute atomic E-state index is 0.0662. The van der Waals surface area contributed by atoms with Crippen molar-refractivity contribution in [3.8, 4) is 23.0 Å². The van der Waals surface area contributed by atoms with Gasteiger partial charge in [0.25, 0.3) is 5.56 Å². The van der Waals surface area contributed by atoms with Gasteiger partial charge in [-0.25, -0.2) is 4.98 Å². The average Bonchev–Trinajstić information content (AvgIpc) is 2.87. The molecular weight excluding hydrogens is 422 g/mol. The highest BCUT2D eigenvalue weighted by atomic mass is 16.5. The first-order valence-corrected chi connectivity index (χ1v) is 10.2. The predicted octanol–water partition coefficient (Wildman–Crippen LogP) is 3.88. The van der Waals surface area contributed by atoms with Crippen LogP contribution in [0.5, 0.6) is 23.0 Å². The van der Waals surface area contributed by atoms with Crippen LogP contribution in [0.2, 0.25) is 0 Å². The molecule has 0 radical (unpaired) electrons. The van der Waals surface area contributed by atoms with Crippen molar-refractivity contribution in [3.05, 3.63) is 88.5 Å². The topological polar surface area (TPSA) is 84.2 Å². The molecule has 1 heterocycles. The minimum Gasteiger partial charge on any atom is -0.493 e. The van der Waals surface area contributed by atoms with E-state index in [-0.39, 0.29) is 12.2 Å². The summed E-state index contributed by atoms with van der Waals surface area (Å²) in [6, 6.07) is 19.9. The lowest BCUT2D eigenvalue weighted by atomic mass is 10.2. The Bertz CT molecular complexity index is 1320. The van der Waals surface area contributed by atoms with Crippen LogP contribution < -0.4 is 24.5 Å². The number of hydrogen-bond donors (Lipinski definition) is 0. The first-order valence-electron chi connectivity index (χ1n) is 10.2. The first kappa shape index (κ1) is 21.9. The van der Waals surface area contributed by atoms with E-state index in [0.29, 0.717) is 45.3 Å². The molecular formula is C25H23N3O5. The molecule has 4 rings (SSSR count). The maximum Gasteiger partial charge on any atom is 0.282 e. The third-order valence-corrected chi connectivity index (χ3v) is 4.94. The second-order valence-corrected chi connectivity index (χ2v) is 6.97. The van der Waals surface area contributed by atoms with E-state index in [1.807, 2.05) is 36.4 Å². The standard InChI is InChI=1S/C25H23N3O5/c1-30-21-13-17(14-22(31-2)24(21)32-3)15-26-28-23(16-33-18-9-5-4-6-10-18)27-20-12-8-7-11-19(20)25(28)29/h4-15H,16H2,1-3H3/b26-15-. The molecule has 4 aromatic rings. The number of hydrogen-bond acceptors (Lipinski definition) is 7. The van der Waals surface area contributed by atoms with E-state index in [9.17, 15) is 4.79 Å². The zero-order valence-corrected chi connectivity index (χ0v) is 18.5. The summed E-state index contributed by atoms with van der Waals surface area (Å²) in [5, 5.41) is 4.89. The second-order valence-electron chi connectivity index (χ2n) is 6.97. The summed E-state index contributed by atoms with van der Waals surface area (Å²) in [5.41, 5.74) is 0.934. The van der Waals surface area contributed by atoms with Crippen LogP contribution in [0.15, 0.2) is 76.6 Å². The SMILES string of the molecule is COc1cc(/C=N\n2c(COc3ccccc3)nc3ccccc3c2=O)cc(OC)c1OC. The van der Waals surface area contributed by atoms with Gasteiger partial charge in [0.1, 0.15) is 12.4 Å². The number of nitrogens with zero attached hydrogens (tertiary/aromatic N) is 3. The molecule has 0 saturated carbocycles. The van der Waals surface area contributed by atoms with Crippen molar-refractivity contribution in [3.63, 3.8) is 0 Å². The maximum absolute atomic E-state index is 13.2. The monoisotopic (exact) mass is 445 g/mol. The van der Waals surface area contributed by atoms with Crippen molar-refractivity contribution in [1.82, 2.24) is 9.66 Å². The molecule has 168 valence electrons. The van der Waals surface area contributed by atoms with Gasteiger partial charge < -0.3 is 18.9 Å². The molecule has 8 heteroatoms. The lowest BCUT2D eigenvalue weighted by Crippen LogP contribution is -2.23. The third-order valence-electron chi connectivity index (χ3n) is 4.94. The first-order chi connectivity index (χ1) is 16.1. The molecule has 0 spiro atoms. The Labute approximate surface area is 190 Å². The highest BCUT2D eigenvalue weighted by Crippen LogP contribution is 2.37. The smallest absolute Gasteiger partial charge is 0.282 e. The van der Waals surface area contributed by atoms with E-state index in [0.717, 1.165) is 0 Å². The summed E-state index contributed by atoms with van der Waals surface area (Å²) in [6.07, 6.45) is 1.54. The molecule has 0 atom stereocenters. The van der Waals surface area contributed by atoms with Gasteiger partial charge in [-0.1, -0.05) is 30.3 Å². The van der Waals surface area contributed by atoms with Gasteiger partial charge in [-0.3, -0.25) is 4.79 Å². The number of methoxy groups -OCH3 is 3. The summed E-state index contributed by atoms with van der Waals surface area (Å²) in [4.78, 5) is 17.8. The summed E-state index contributed by atoms with van der Waals surface area (Å²) in [6.45, 7) is 0.0662. The van der Waals surface area contributed by atoms with Crippen LogP contribution in [0, 0.1) is 0 Å². The minimum atomic E-state index is -0.295. The Hall–Kier alpha value is -4.33. The molecule has 0 aliphatic heterocycles. The number of rotatable bonds is 8. The maximum atomic E-state index is 13.2. The van der Waals surface area contributed by atoms with Crippen molar-refractivity contribution in [2.45, 2.75) is 6.61 Å². The Morgan fingerprint density at radius 1 is 0.909 bits per heavy atom. The van der Waals surface area contributed by atoms with Crippen LogP contribution in [0.3, 0.4) is 0 Å². The number of para-hydroxylation sites is 2. The van der Waals surface area contributed by atoms with Crippen LogP contribution in [0.25, 0.3) is 10.9 Å². The number of fused-ring (bicyclic) bond motifs is 1. The lowest BCUT2D eigenvalue weighted by molar-refractivity contribution is 0.289. The molecule has 0 aliphatic carbocycles. The van der Waals surface area contributed by atoms with Crippen LogP contribution in [-0.2, 0) is 6.61 Å². The Balaban J connectivity index is 1.77.